The number of halogens is 2. The number of hydrogen-bond acceptors (Lipinski definition) is 1. The van der Waals surface area contributed by atoms with Crippen LogP contribution in [-0.4, -0.2) is 28.5 Å². The van der Waals surface area contributed by atoms with Gasteiger partial charge in [0.15, 0.2) is 0 Å². The quantitative estimate of drug-likeness (QED) is 0.304. The molecule has 5 heteroatoms. The zero-order chi connectivity index (χ0) is 22.9. The summed E-state index contributed by atoms with van der Waals surface area (Å²) in [7, 11) is 1.96. The van der Waals surface area contributed by atoms with E-state index in [2.05, 4.69) is 30.3 Å². The first kappa shape index (κ1) is 22.1. The van der Waals surface area contributed by atoms with Crippen molar-refractivity contribution in [1.82, 2.24) is 9.47 Å². The van der Waals surface area contributed by atoms with Gasteiger partial charge < -0.3 is 9.47 Å². The molecule has 4 aromatic rings. The summed E-state index contributed by atoms with van der Waals surface area (Å²) in [5, 5.41) is 2.31. The number of aromatic nitrogens is 1. The summed E-state index contributed by atoms with van der Waals surface area (Å²) in [6.45, 7) is 1.55. The van der Waals surface area contributed by atoms with Crippen LogP contribution in [0.15, 0.2) is 72.8 Å². The minimum atomic E-state index is 0.0768. The first-order valence-electron chi connectivity index (χ1n) is 11.4. The Morgan fingerprint density at radius 1 is 0.909 bits per heavy atom. The van der Waals surface area contributed by atoms with Gasteiger partial charge in [-0.3, -0.25) is 4.79 Å². The molecule has 1 saturated heterocycles. The van der Waals surface area contributed by atoms with Crippen molar-refractivity contribution < 1.29 is 4.79 Å². The zero-order valence-corrected chi connectivity index (χ0v) is 20.1. The first-order chi connectivity index (χ1) is 16.0. The lowest BCUT2D eigenvalue weighted by atomic mass is 9.90. The average Bonchev–Trinajstić information content (AvgIpc) is 3.11. The fourth-order valence-corrected chi connectivity index (χ4v) is 5.31. The van der Waals surface area contributed by atoms with Crippen LogP contribution in [0.2, 0.25) is 10.0 Å². The van der Waals surface area contributed by atoms with E-state index < -0.39 is 0 Å². The fourth-order valence-electron chi connectivity index (χ4n) is 5.01. The van der Waals surface area contributed by atoms with E-state index in [1.54, 1.807) is 0 Å². The van der Waals surface area contributed by atoms with Gasteiger partial charge in [0.05, 0.1) is 0 Å². The predicted octanol–water partition coefficient (Wildman–Crippen LogP) is 7.25. The Morgan fingerprint density at radius 3 is 2.27 bits per heavy atom. The Morgan fingerprint density at radius 2 is 1.58 bits per heavy atom. The minimum absolute atomic E-state index is 0.0768. The summed E-state index contributed by atoms with van der Waals surface area (Å²) in [6, 6.07) is 24.1. The van der Waals surface area contributed by atoms with Gasteiger partial charge in [-0.05, 0) is 66.6 Å². The first-order valence-corrected chi connectivity index (χ1v) is 12.1. The number of carbonyl (C=O) groups is 1. The lowest BCUT2D eigenvalue weighted by Crippen LogP contribution is -2.39. The maximum Gasteiger partial charge on any atom is 0.271 e. The number of nitrogens with zero attached hydrogens (tertiary/aromatic N) is 2. The Hall–Kier alpha value is -2.75. The molecule has 3 nitrogen and oxygen atoms in total. The number of hydrogen-bond donors (Lipinski definition) is 0. The molecule has 1 aliphatic heterocycles. The van der Waals surface area contributed by atoms with E-state index >= 15 is 0 Å². The van der Waals surface area contributed by atoms with Crippen LogP contribution in [0.4, 0.5) is 0 Å². The zero-order valence-electron chi connectivity index (χ0n) is 18.6. The average molecular weight is 477 g/mol. The van der Waals surface area contributed by atoms with Gasteiger partial charge in [0.2, 0.25) is 0 Å². The molecule has 33 heavy (non-hydrogen) atoms. The van der Waals surface area contributed by atoms with Crippen molar-refractivity contribution in [3.05, 3.63) is 94.1 Å². The number of aryl methyl sites for hydroxylation is 1. The molecule has 0 bridgehead atoms. The highest BCUT2D eigenvalue weighted by atomic mass is 35.5. The van der Waals surface area contributed by atoms with E-state index in [1.807, 2.05) is 59.0 Å². The van der Waals surface area contributed by atoms with Crippen molar-refractivity contribution in [2.75, 3.05) is 13.1 Å². The molecule has 1 aliphatic rings. The third kappa shape index (κ3) is 4.40. The lowest BCUT2D eigenvalue weighted by molar-refractivity contribution is 0.0682. The number of amides is 1. The molecule has 0 unspecified atom stereocenters. The van der Waals surface area contributed by atoms with Crippen molar-refractivity contribution in [3.63, 3.8) is 0 Å². The van der Waals surface area contributed by atoms with Gasteiger partial charge in [-0.2, -0.15) is 0 Å². The summed E-state index contributed by atoms with van der Waals surface area (Å²) >= 11 is 12.5. The van der Waals surface area contributed by atoms with Gasteiger partial charge >= 0.3 is 0 Å². The van der Waals surface area contributed by atoms with E-state index in [9.17, 15) is 4.79 Å². The van der Waals surface area contributed by atoms with Crippen molar-refractivity contribution in [1.29, 1.82) is 0 Å². The molecule has 3 aromatic carbocycles. The summed E-state index contributed by atoms with van der Waals surface area (Å²) in [4.78, 5) is 15.9. The van der Waals surface area contributed by atoms with Crippen molar-refractivity contribution in [3.8, 4) is 11.1 Å². The molecule has 0 aliphatic carbocycles. The van der Waals surface area contributed by atoms with Crippen LogP contribution in [0.1, 0.15) is 28.9 Å². The van der Waals surface area contributed by atoms with Gasteiger partial charge in [-0.25, -0.2) is 0 Å². The highest BCUT2D eigenvalue weighted by Gasteiger charge is 2.29. The molecule has 0 spiro atoms. The summed E-state index contributed by atoms with van der Waals surface area (Å²) in [6.07, 6.45) is 3.12. The number of piperidine rings is 1. The number of fused-ring (bicyclic) bond motifs is 1. The van der Waals surface area contributed by atoms with E-state index in [1.165, 1.54) is 5.56 Å². The molecule has 1 fully saturated rings. The smallest absolute Gasteiger partial charge is 0.271 e. The summed E-state index contributed by atoms with van der Waals surface area (Å²) in [5.41, 5.74) is 4.96. The topological polar surface area (TPSA) is 25.2 Å². The van der Waals surface area contributed by atoms with Gasteiger partial charge in [-0.1, -0.05) is 65.7 Å². The number of rotatable bonds is 4. The predicted molar refractivity (Wildman–Crippen MR) is 137 cm³/mol. The van der Waals surface area contributed by atoms with E-state index in [0.29, 0.717) is 21.7 Å². The van der Waals surface area contributed by atoms with Crippen molar-refractivity contribution in [2.24, 2.45) is 13.0 Å². The minimum Gasteiger partial charge on any atom is -0.339 e. The molecule has 5 rings (SSSR count). The Kier molecular flexibility index (Phi) is 6.18. The summed E-state index contributed by atoms with van der Waals surface area (Å²) in [5.74, 6) is 0.686. The van der Waals surface area contributed by atoms with Crippen LogP contribution in [0.3, 0.4) is 0 Å². The van der Waals surface area contributed by atoms with E-state index in [4.69, 9.17) is 23.2 Å². The van der Waals surface area contributed by atoms with E-state index in [-0.39, 0.29) is 5.91 Å². The normalized spacial score (nSPS) is 14.7. The molecule has 1 aromatic heterocycles. The third-order valence-corrected chi connectivity index (χ3v) is 7.25. The van der Waals surface area contributed by atoms with Gasteiger partial charge in [0.1, 0.15) is 5.69 Å². The van der Waals surface area contributed by atoms with Crippen LogP contribution in [0.5, 0.6) is 0 Å². The maximum atomic E-state index is 13.8. The standard InChI is InChI=1S/C28H26Cl2N2O/c1-31-25-12-11-23(30)18-24(25)26(21-7-9-22(29)10-8-21)27(31)28(33)32-15-13-20(14-16-32)17-19-5-3-2-4-6-19/h2-12,18,20H,13-17H2,1H3. The number of likely N-dealkylation sites (tertiary alicyclic amines) is 1. The molecular weight excluding hydrogens is 451 g/mol. The number of carbonyl (C=O) groups excluding carboxylic acids is 1. The van der Waals surface area contributed by atoms with E-state index in [0.717, 1.165) is 54.4 Å². The highest BCUT2D eigenvalue weighted by Crippen LogP contribution is 2.37. The second-order valence-corrected chi connectivity index (χ2v) is 9.75. The Labute approximate surface area is 204 Å². The van der Waals surface area contributed by atoms with Crippen molar-refractivity contribution in [2.45, 2.75) is 19.3 Å². The second kappa shape index (κ2) is 9.24. The van der Waals surface area contributed by atoms with Gasteiger partial charge in [0, 0.05) is 46.6 Å². The molecule has 0 atom stereocenters. The van der Waals surface area contributed by atoms with Crippen LogP contribution in [-0.2, 0) is 13.5 Å². The Bertz CT molecular complexity index is 1290. The molecule has 0 saturated carbocycles. The molecular formula is C28H26Cl2N2O. The molecule has 2 heterocycles. The molecule has 168 valence electrons. The van der Waals surface area contributed by atoms with Crippen LogP contribution >= 0.6 is 23.2 Å². The SMILES string of the molecule is Cn1c(C(=O)N2CCC(Cc3ccccc3)CC2)c(-c2ccc(Cl)cc2)c2cc(Cl)ccc21. The lowest BCUT2D eigenvalue weighted by Gasteiger charge is -2.32. The van der Waals surface area contributed by atoms with Crippen LogP contribution in [0.25, 0.3) is 22.0 Å². The number of benzene rings is 3. The van der Waals surface area contributed by atoms with Crippen LogP contribution < -0.4 is 0 Å². The summed E-state index contributed by atoms with van der Waals surface area (Å²) < 4.78 is 2.01. The molecule has 0 N–H and O–H groups in total. The molecule has 1 amide bonds. The van der Waals surface area contributed by atoms with Gasteiger partial charge in [0.25, 0.3) is 5.91 Å². The second-order valence-electron chi connectivity index (χ2n) is 8.88. The van der Waals surface area contributed by atoms with Crippen LogP contribution in [0, 0.1) is 5.92 Å². The van der Waals surface area contributed by atoms with Gasteiger partial charge in [-0.15, -0.1) is 0 Å². The van der Waals surface area contributed by atoms with Crippen molar-refractivity contribution >= 4 is 40.0 Å². The largest absolute Gasteiger partial charge is 0.339 e. The Balaban J connectivity index is 1.46. The molecule has 0 radical (unpaired) electrons. The highest BCUT2D eigenvalue weighted by molar-refractivity contribution is 6.32. The monoisotopic (exact) mass is 476 g/mol. The fraction of sp³-hybridized carbons (Fsp3) is 0.250. The third-order valence-electron chi connectivity index (χ3n) is 6.77. The maximum absolute atomic E-state index is 13.8.